The van der Waals surface area contributed by atoms with Crippen LogP contribution >= 0.6 is 0 Å². The molecule has 1 saturated carbocycles. The van der Waals surface area contributed by atoms with Gasteiger partial charge in [0.15, 0.2) is 0 Å². The molecule has 2 amide bonds. The summed E-state index contributed by atoms with van der Waals surface area (Å²) in [6.45, 7) is 7.26. The Morgan fingerprint density at radius 1 is 0.944 bits per heavy atom. The number of hydrogen-bond acceptors (Lipinski definition) is 5. The minimum Gasteiger partial charge on any atom is -0.444 e. The van der Waals surface area contributed by atoms with Crippen molar-refractivity contribution in [2.24, 2.45) is 5.92 Å². The maximum Gasteiger partial charge on any atom is 0.410 e. The van der Waals surface area contributed by atoms with Gasteiger partial charge in [0.25, 0.3) is 5.91 Å². The van der Waals surface area contributed by atoms with Gasteiger partial charge in [0.1, 0.15) is 5.60 Å². The topological polar surface area (TPSA) is 96.0 Å². The molecular formula is C27H35N3O5S. The highest BCUT2D eigenvalue weighted by molar-refractivity contribution is 7.92. The number of anilines is 1. The standard InChI is InChI=1S/C27H35N3O5S/c1-27(2,3)35-26(32)30-16-14-29(15-17-30)25(31)22-12-10-21(11-13-22)23-8-5-9-24(18-23)28-36(33,34)19-20-6-4-7-20/h5,8-13,18,20,28H,4,6-7,14-17,19H2,1-3H3. The number of ether oxygens (including phenoxy) is 1. The van der Waals surface area contributed by atoms with Gasteiger partial charge in [-0.05, 0) is 74.9 Å². The molecule has 1 saturated heterocycles. The molecule has 1 heterocycles. The van der Waals surface area contributed by atoms with Crippen LogP contribution in [0.3, 0.4) is 0 Å². The summed E-state index contributed by atoms with van der Waals surface area (Å²) in [5, 5.41) is 0. The monoisotopic (exact) mass is 513 g/mol. The van der Waals surface area contributed by atoms with E-state index in [9.17, 15) is 18.0 Å². The number of nitrogens with one attached hydrogen (secondary N) is 1. The number of benzene rings is 2. The molecule has 36 heavy (non-hydrogen) atoms. The Hall–Kier alpha value is -3.07. The summed E-state index contributed by atoms with van der Waals surface area (Å²) in [5.41, 5.74) is 2.31. The van der Waals surface area contributed by atoms with Gasteiger partial charge in [0, 0.05) is 37.4 Å². The number of carbonyl (C=O) groups is 2. The van der Waals surface area contributed by atoms with Crippen LogP contribution in [0.1, 0.15) is 50.4 Å². The summed E-state index contributed by atoms with van der Waals surface area (Å²) in [6, 6.07) is 14.6. The van der Waals surface area contributed by atoms with Crippen molar-refractivity contribution in [2.75, 3.05) is 36.7 Å². The number of rotatable bonds is 6. The molecular weight excluding hydrogens is 478 g/mol. The molecule has 1 aliphatic carbocycles. The molecule has 2 fully saturated rings. The molecule has 1 aliphatic heterocycles. The minimum absolute atomic E-state index is 0.0807. The van der Waals surface area contributed by atoms with Gasteiger partial charge in [-0.3, -0.25) is 9.52 Å². The average Bonchev–Trinajstić information content (AvgIpc) is 2.80. The largest absolute Gasteiger partial charge is 0.444 e. The second kappa shape index (κ2) is 10.5. The van der Waals surface area contributed by atoms with Crippen molar-refractivity contribution in [1.82, 2.24) is 9.80 Å². The highest BCUT2D eigenvalue weighted by Gasteiger charge is 2.28. The number of hydrogen-bond donors (Lipinski definition) is 1. The summed E-state index contributed by atoms with van der Waals surface area (Å²) in [6.07, 6.45) is 2.71. The van der Waals surface area contributed by atoms with Crippen molar-refractivity contribution in [1.29, 1.82) is 0 Å². The Labute approximate surface area is 213 Å². The molecule has 0 aromatic heterocycles. The Kier molecular flexibility index (Phi) is 7.59. The van der Waals surface area contributed by atoms with Gasteiger partial charge in [-0.15, -0.1) is 0 Å². The van der Waals surface area contributed by atoms with Gasteiger partial charge in [-0.1, -0.05) is 30.7 Å². The van der Waals surface area contributed by atoms with Gasteiger partial charge in [-0.2, -0.15) is 0 Å². The van der Waals surface area contributed by atoms with Crippen LogP contribution in [0.15, 0.2) is 48.5 Å². The van der Waals surface area contributed by atoms with E-state index in [4.69, 9.17) is 4.74 Å². The molecule has 194 valence electrons. The summed E-state index contributed by atoms with van der Waals surface area (Å²) in [5.74, 6) is 0.346. The van der Waals surface area contributed by atoms with E-state index >= 15 is 0 Å². The molecule has 0 radical (unpaired) electrons. The first-order chi connectivity index (χ1) is 17.0. The third kappa shape index (κ3) is 6.78. The first-order valence-electron chi connectivity index (χ1n) is 12.5. The van der Waals surface area contributed by atoms with Gasteiger partial charge < -0.3 is 14.5 Å². The van der Waals surface area contributed by atoms with E-state index in [2.05, 4.69) is 4.72 Å². The van der Waals surface area contributed by atoms with E-state index in [1.165, 1.54) is 0 Å². The summed E-state index contributed by atoms with van der Waals surface area (Å²) in [7, 11) is -3.38. The lowest BCUT2D eigenvalue weighted by atomic mass is 9.87. The van der Waals surface area contributed by atoms with Crippen LogP contribution in [-0.2, 0) is 14.8 Å². The lowest BCUT2D eigenvalue weighted by molar-refractivity contribution is 0.0141. The number of sulfonamides is 1. The van der Waals surface area contributed by atoms with Gasteiger partial charge in [-0.25, -0.2) is 13.2 Å². The average molecular weight is 514 g/mol. The number of piperazine rings is 1. The molecule has 2 aliphatic rings. The fraction of sp³-hybridized carbons (Fsp3) is 0.481. The van der Waals surface area contributed by atoms with Crippen molar-refractivity contribution in [3.8, 4) is 11.1 Å². The molecule has 0 unspecified atom stereocenters. The molecule has 4 rings (SSSR count). The Bertz CT molecular complexity index is 1190. The Morgan fingerprint density at radius 2 is 1.58 bits per heavy atom. The second-order valence-corrected chi connectivity index (χ2v) is 12.4. The first kappa shape index (κ1) is 26.0. The summed E-state index contributed by atoms with van der Waals surface area (Å²) < 4.78 is 33.0. The Balaban J connectivity index is 1.35. The van der Waals surface area contributed by atoms with Crippen LogP contribution < -0.4 is 4.72 Å². The first-order valence-corrected chi connectivity index (χ1v) is 14.1. The highest BCUT2D eigenvalue weighted by Crippen LogP contribution is 2.29. The van der Waals surface area contributed by atoms with Crippen molar-refractivity contribution in [2.45, 2.75) is 45.6 Å². The van der Waals surface area contributed by atoms with Crippen molar-refractivity contribution < 1.29 is 22.7 Å². The zero-order chi connectivity index (χ0) is 25.9. The molecule has 2 aromatic carbocycles. The quantitative estimate of drug-likeness (QED) is 0.610. The lowest BCUT2D eigenvalue weighted by Crippen LogP contribution is -2.51. The number of amides is 2. The van der Waals surface area contributed by atoms with E-state index in [0.717, 1.165) is 30.4 Å². The second-order valence-electron chi connectivity index (χ2n) is 10.6. The van der Waals surface area contributed by atoms with E-state index in [1.807, 2.05) is 51.1 Å². The third-order valence-corrected chi connectivity index (χ3v) is 7.96. The fourth-order valence-corrected chi connectivity index (χ4v) is 5.88. The van der Waals surface area contributed by atoms with Crippen molar-refractivity contribution in [3.63, 3.8) is 0 Å². The third-order valence-electron chi connectivity index (χ3n) is 6.50. The smallest absolute Gasteiger partial charge is 0.410 e. The van der Waals surface area contributed by atoms with Gasteiger partial charge in [0.05, 0.1) is 5.75 Å². The van der Waals surface area contributed by atoms with Crippen LogP contribution in [0, 0.1) is 5.92 Å². The van der Waals surface area contributed by atoms with Crippen LogP contribution in [0.4, 0.5) is 10.5 Å². The molecule has 0 atom stereocenters. The van der Waals surface area contributed by atoms with Crippen LogP contribution in [0.5, 0.6) is 0 Å². The predicted molar refractivity (Wildman–Crippen MR) is 140 cm³/mol. The van der Waals surface area contributed by atoms with E-state index < -0.39 is 15.6 Å². The minimum atomic E-state index is -3.38. The van der Waals surface area contributed by atoms with Crippen LogP contribution in [0.2, 0.25) is 0 Å². The maximum atomic E-state index is 13.0. The SMILES string of the molecule is CC(C)(C)OC(=O)N1CCN(C(=O)c2ccc(-c3cccc(NS(=O)(=O)CC4CCC4)c3)cc2)CC1. The number of carbonyl (C=O) groups excluding carboxylic acids is 2. The molecule has 0 spiro atoms. The summed E-state index contributed by atoms with van der Waals surface area (Å²) in [4.78, 5) is 28.6. The lowest BCUT2D eigenvalue weighted by Gasteiger charge is -2.35. The molecule has 1 N–H and O–H groups in total. The Morgan fingerprint density at radius 3 is 2.17 bits per heavy atom. The zero-order valence-electron chi connectivity index (χ0n) is 21.2. The van der Waals surface area contributed by atoms with E-state index in [-0.39, 0.29) is 23.7 Å². The van der Waals surface area contributed by atoms with Crippen molar-refractivity contribution in [3.05, 3.63) is 54.1 Å². The molecule has 2 aromatic rings. The molecule has 8 nitrogen and oxygen atoms in total. The maximum absolute atomic E-state index is 13.0. The summed E-state index contributed by atoms with van der Waals surface area (Å²) >= 11 is 0. The molecule has 0 bridgehead atoms. The highest BCUT2D eigenvalue weighted by atomic mass is 32.2. The normalized spacial score (nSPS) is 16.9. The molecule has 9 heteroatoms. The zero-order valence-corrected chi connectivity index (χ0v) is 22.0. The van der Waals surface area contributed by atoms with E-state index in [0.29, 0.717) is 37.4 Å². The fourth-order valence-electron chi connectivity index (χ4n) is 4.36. The van der Waals surface area contributed by atoms with Gasteiger partial charge in [0.2, 0.25) is 10.0 Å². The van der Waals surface area contributed by atoms with E-state index in [1.54, 1.807) is 28.0 Å². The predicted octanol–water partition coefficient (Wildman–Crippen LogP) is 4.59. The van der Waals surface area contributed by atoms with Crippen LogP contribution in [0.25, 0.3) is 11.1 Å². The number of nitrogens with zero attached hydrogens (tertiary/aromatic N) is 2. The van der Waals surface area contributed by atoms with Crippen molar-refractivity contribution >= 4 is 27.7 Å². The van der Waals surface area contributed by atoms with Crippen LogP contribution in [-0.4, -0.2) is 67.8 Å². The van der Waals surface area contributed by atoms with Gasteiger partial charge >= 0.3 is 6.09 Å².